The summed E-state index contributed by atoms with van der Waals surface area (Å²) < 4.78 is 71.9. The number of ether oxygens (including phenoxy) is 3. The second-order valence-electron chi connectivity index (χ2n) is 10.0. The molecular formula is C27H30ClF2N3O6S. The first-order valence-electron chi connectivity index (χ1n) is 12.9. The van der Waals surface area contributed by atoms with E-state index in [1.807, 2.05) is 15.7 Å². The molecule has 2 heterocycles. The summed E-state index contributed by atoms with van der Waals surface area (Å²) in [6.07, 6.45) is 0.705. The van der Waals surface area contributed by atoms with E-state index < -0.39 is 39.6 Å². The van der Waals surface area contributed by atoms with Crippen molar-refractivity contribution in [3.8, 4) is 17.6 Å². The van der Waals surface area contributed by atoms with E-state index in [0.717, 1.165) is 25.0 Å². The smallest absolute Gasteiger partial charge is 0.265 e. The molecule has 2 aliphatic heterocycles. The average Bonchev–Trinajstić information content (AvgIpc) is 2.90. The van der Waals surface area contributed by atoms with Gasteiger partial charge in [0.25, 0.3) is 15.9 Å². The third-order valence-corrected chi connectivity index (χ3v) is 8.43. The van der Waals surface area contributed by atoms with E-state index in [1.165, 1.54) is 31.2 Å². The highest BCUT2D eigenvalue weighted by molar-refractivity contribution is 7.90. The molecule has 0 aromatic heterocycles. The Balaban J connectivity index is 1.51. The number of amides is 1. The van der Waals surface area contributed by atoms with Crippen LogP contribution in [0.1, 0.15) is 38.2 Å². The normalized spacial score (nSPS) is 20.7. The SMILES string of the molecule is C[C@]1(C(=O)NS(=O)(=O)c2cc(Cl)c(O[C@H](CCN3CC(F)C3)COc3ccc(F)cc3)c(C#N)c2)CCCCO1. The average molecular weight is 598 g/mol. The number of hydrogen-bond acceptors (Lipinski definition) is 8. The van der Waals surface area contributed by atoms with E-state index in [0.29, 0.717) is 44.8 Å². The second-order valence-corrected chi connectivity index (χ2v) is 12.1. The van der Waals surface area contributed by atoms with Crippen LogP contribution in [-0.2, 0) is 19.6 Å². The number of carbonyl (C=O) groups is 1. The summed E-state index contributed by atoms with van der Waals surface area (Å²) in [5.74, 6) is -0.892. The van der Waals surface area contributed by atoms with E-state index in [2.05, 4.69) is 0 Å². The molecular weight excluding hydrogens is 568 g/mol. The second kappa shape index (κ2) is 12.7. The number of nitrogens with one attached hydrogen (secondary N) is 1. The zero-order chi connectivity index (χ0) is 28.9. The zero-order valence-corrected chi connectivity index (χ0v) is 23.4. The number of rotatable bonds is 11. The fourth-order valence-electron chi connectivity index (χ4n) is 4.41. The van der Waals surface area contributed by atoms with Crippen LogP contribution in [0.25, 0.3) is 0 Å². The first kappa shape index (κ1) is 30.0. The van der Waals surface area contributed by atoms with Gasteiger partial charge >= 0.3 is 0 Å². The van der Waals surface area contributed by atoms with Crippen LogP contribution in [0.15, 0.2) is 41.3 Å². The quantitative estimate of drug-likeness (QED) is 0.413. The van der Waals surface area contributed by atoms with Crippen molar-refractivity contribution in [2.45, 2.75) is 55.4 Å². The number of alkyl halides is 1. The molecule has 2 aromatic carbocycles. The molecule has 2 atom stereocenters. The third-order valence-electron chi connectivity index (χ3n) is 6.84. The summed E-state index contributed by atoms with van der Waals surface area (Å²) >= 11 is 6.41. The summed E-state index contributed by atoms with van der Waals surface area (Å²) in [4.78, 5) is 14.2. The molecule has 4 rings (SSSR count). The van der Waals surface area contributed by atoms with E-state index in [9.17, 15) is 27.3 Å². The van der Waals surface area contributed by atoms with Crippen molar-refractivity contribution in [1.29, 1.82) is 5.26 Å². The van der Waals surface area contributed by atoms with Gasteiger partial charge in [-0.1, -0.05) is 11.6 Å². The Labute approximate surface area is 237 Å². The van der Waals surface area contributed by atoms with Gasteiger partial charge in [-0.05, 0) is 62.6 Å². The van der Waals surface area contributed by atoms with Crippen LogP contribution in [0.4, 0.5) is 8.78 Å². The first-order valence-corrected chi connectivity index (χ1v) is 14.7. The van der Waals surface area contributed by atoms with Crippen molar-refractivity contribution in [2.75, 3.05) is 32.8 Å². The molecule has 216 valence electrons. The Bertz CT molecular complexity index is 1360. The molecule has 1 amide bonds. The maximum atomic E-state index is 13.3. The minimum Gasteiger partial charge on any atom is -0.490 e. The van der Waals surface area contributed by atoms with Crippen LogP contribution in [-0.4, -0.2) is 69.9 Å². The number of sulfonamides is 1. The van der Waals surface area contributed by atoms with Gasteiger partial charge in [-0.3, -0.25) is 9.69 Å². The van der Waals surface area contributed by atoms with Crippen molar-refractivity contribution in [1.82, 2.24) is 9.62 Å². The number of nitriles is 1. The molecule has 2 aliphatic rings. The lowest BCUT2D eigenvalue weighted by Gasteiger charge is -2.35. The molecule has 0 radical (unpaired) electrons. The largest absolute Gasteiger partial charge is 0.490 e. The predicted molar refractivity (Wildman–Crippen MR) is 142 cm³/mol. The number of carbonyl (C=O) groups excluding carboxylic acids is 1. The molecule has 0 bridgehead atoms. The minimum atomic E-state index is -4.39. The molecule has 0 unspecified atom stereocenters. The number of hydrogen-bond donors (Lipinski definition) is 1. The maximum absolute atomic E-state index is 13.3. The van der Waals surface area contributed by atoms with Crippen molar-refractivity contribution in [3.05, 3.63) is 52.8 Å². The maximum Gasteiger partial charge on any atom is 0.265 e. The molecule has 1 N–H and O–H groups in total. The van der Waals surface area contributed by atoms with Crippen LogP contribution in [0.2, 0.25) is 5.02 Å². The van der Waals surface area contributed by atoms with Crippen LogP contribution in [0, 0.1) is 17.1 Å². The van der Waals surface area contributed by atoms with Gasteiger partial charge in [-0.2, -0.15) is 5.26 Å². The lowest BCUT2D eigenvalue weighted by Crippen LogP contribution is -2.50. The lowest BCUT2D eigenvalue weighted by atomic mass is 9.95. The zero-order valence-electron chi connectivity index (χ0n) is 21.9. The molecule has 0 aliphatic carbocycles. The van der Waals surface area contributed by atoms with Crippen LogP contribution < -0.4 is 14.2 Å². The summed E-state index contributed by atoms with van der Waals surface area (Å²) in [6.45, 7) is 2.96. The van der Waals surface area contributed by atoms with Crippen LogP contribution in [0.3, 0.4) is 0 Å². The van der Waals surface area contributed by atoms with E-state index in [-0.39, 0.29) is 27.8 Å². The highest BCUT2D eigenvalue weighted by atomic mass is 35.5. The Morgan fingerprint density at radius 2 is 2.02 bits per heavy atom. The van der Waals surface area contributed by atoms with Crippen molar-refractivity contribution < 1.29 is 36.2 Å². The fraction of sp³-hybridized carbons (Fsp3) is 0.481. The molecule has 2 aromatic rings. The number of benzene rings is 2. The van der Waals surface area contributed by atoms with Crippen LogP contribution >= 0.6 is 11.6 Å². The van der Waals surface area contributed by atoms with Crippen molar-refractivity contribution in [3.63, 3.8) is 0 Å². The highest BCUT2D eigenvalue weighted by Gasteiger charge is 2.38. The van der Waals surface area contributed by atoms with Gasteiger partial charge in [0.2, 0.25) is 0 Å². The van der Waals surface area contributed by atoms with Gasteiger partial charge in [0, 0.05) is 32.7 Å². The molecule has 2 saturated heterocycles. The summed E-state index contributed by atoms with van der Waals surface area (Å²) in [5, 5.41) is 9.63. The summed E-state index contributed by atoms with van der Waals surface area (Å²) in [7, 11) is -4.39. The van der Waals surface area contributed by atoms with Gasteiger partial charge in [0.15, 0.2) is 5.75 Å². The van der Waals surface area contributed by atoms with Crippen molar-refractivity contribution >= 4 is 27.5 Å². The standard InChI is InChI=1S/C27H30ClF2N3O6S/c1-27(9-2-3-11-38-27)26(34)32-40(35,36)23-12-18(14-31)25(24(28)13-23)39-22(8-10-33-15-20(30)16-33)17-37-21-6-4-19(29)5-7-21/h4-7,12-13,20,22H,2-3,8-11,15-17H2,1H3,(H,32,34)/t22-,27-/m1/s1. The van der Waals surface area contributed by atoms with Gasteiger partial charge in [0.05, 0.1) is 15.5 Å². The van der Waals surface area contributed by atoms with E-state index in [4.69, 9.17) is 25.8 Å². The molecule has 0 saturated carbocycles. The topological polar surface area (TPSA) is 118 Å². The summed E-state index contributed by atoms with van der Waals surface area (Å²) in [5.41, 5.74) is -1.45. The van der Waals surface area contributed by atoms with Crippen LogP contribution in [0.5, 0.6) is 11.5 Å². The Hall–Kier alpha value is -2.98. The monoisotopic (exact) mass is 597 g/mol. The predicted octanol–water partition coefficient (Wildman–Crippen LogP) is 3.99. The molecule has 0 spiro atoms. The van der Waals surface area contributed by atoms with Gasteiger partial charge in [0.1, 0.15) is 42.1 Å². The first-order chi connectivity index (χ1) is 19.0. The minimum absolute atomic E-state index is 0.00554. The number of likely N-dealkylation sites (tertiary alicyclic amines) is 1. The summed E-state index contributed by atoms with van der Waals surface area (Å²) in [6, 6.07) is 9.47. The number of halogens is 3. The molecule has 9 nitrogen and oxygen atoms in total. The van der Waals surface area contributed by atoms with E-state index in [1.54, 1.807) is 0 Å². The number of nitrogens with zero attached hydrogens (tertiary/aromatic N) is 2. The molecule has 13 heteroatoms. The Kier molecular flexibility index (Phi) is 9.51. The lowest BCUT2D eigenvalue weighted by molar-refractivity contribution is -0.148. The highest BCUT2D eigenvalue weighted by Crippen LogP contribution is 2.34. The van der Waals surface area contributed by atoms with Crippen molar-refractivity contribution in [2.24, 2.45) is 0 Å². The van der Waals surface area contributed by atoms with Gasteiger partial charge < -0.3 is 14.2 Å². The van der Waals surface area contributed by atoms with Gasteiger partial charge in [-0.25, -0.2) is 21.9 Å². The van der Waals surface area contributed by atoms with Gasteiger partial charge in [-0.15, -0.1) is 0 Å². The Morgan fingerprint density at radius 1 is 1.30 bits per heavy atom. The molecule has 2 fully saturated rings. The Morgan fingerprint density at radius 3 is 2.65 bits per heavy atom. The molecule has 40 heavy (non-hydrogen) atoms. The third kappa shape index (κ3) is 7.40. The van der Waals surface area contributed by atoms with E-state index >= 15 is 0 Å². The fourth-order valence-corrected chi connectivity index (χ4v) is 5.86.